The first kappa shape index (κ1) is 14.4. The van der Waals surface area contributed by atoms with Crippen LogP contribution in [0.5, 0.6) is 0 Å². The van der Waals surface area contributed by atoms with E-state index in [2.05, 4.69) is 41.7 Å². The molecule has 3 nitrogen and oxygen atoms in total. The Balaban J connectivity index is 2.01. The molecule has 0 aromatic heterocycles. The van der Waals surface area contributed by atoms with Crippen LogP contribution in [-0.2, 0) is 0 Å². The maximum Gasteiger partial charge on any atom is 0.318 e. The molecule has 1 aliphatic heterocycles. The molecule has 2 atom stereocenters. The molecule has 0 aliphatic carbocycles. The van der Waals surface area contributed by atoms with Gasteiger partial charge in [0.15, 0.2) is 0 Å². The van der Waals surface area contributed by atoms with Crippen molar-refractivity contribution in [2.75, 3.05) is 7.05 Å². The molecule has 22 heavy (non-hydrogen) atoms. The average molecular weight is 292 g/mol. The third kappa shape index (κ3) is 2.75. The van der Waals surface area contributed by atoms with Gasteiger partial charge in [0.2, 0.25) is 0 Å². The lowest BCUT2D eigenvalue weighted by atomic mass is 9.93. The number of carbonyl (C=O) groups is 1. The fraction of sp³-hybridized carbons (Fsp3) is 0.211. The summed E-state index contributed by atoms with van der Waals surface area (Å²) in [5, 5.41) is 2.79. The molecule has 0 saturated heterocycles. The van der Waals surface area contributed by atoms with Crippen LogP contribution in [0.1, 0.15) is 29.6 Å². The van der Waals surface area contributed by atoms with Crippen molar-refractivity contribution >= 4 is 6.03 Å². The number of rotatable bonds is 2. The summed E-state index contributed by atoms with van der Waals surface area (Å²) in [6, 6.07) is 20.3. The van der Waals surface area contributed by atoms with E-state index in [9.17, 15) is 4.79 Å². The molecule has 1 aliphatic rings. The van der Waals surface area contributed by atoms with Crippen LogP contribution in [0.2, 0.25) is 0 Å². The van der Waals surface area contributed by atoms with Gasteiger partial charge in [-0.05, 0) is 17.5 Å². The number of benzene rings is 2. The molecule has 0 unspecified atom stereocenters. The molecule has 0 saturated carbocycles. The van der Waals surface area contributed by atoms with Crippen LogP contribution in [0.25, 0.3) is 0 Å². The van der Waals surface area contributed by atoms with Crippen LogP contribution < -0.4 is 5.32 Å². The SMILES string of the molecule is CNC(=O)N1[C@H](c2ccccc2)C=CC[C@H]1c1ccccc1. The number of carbonyl (C=O) groups excluding carboxylic acids is 1. The second-order valence-electron chi connectivity index (χ2n) is 5.41. The molecule has 1 N–H and O–H groups in total. The van der Waals surface area contributed by atoms with Crippen LogP contribution >= 0.6 is 0 Å². The highest BCUT2D eigenvalue weighted by atomic mass is 16.2. The van der Waals surface area contributed by atoms with Crippen molar-refractivity contribution in [3.8, 4) is 0 Å². The van der Waals surface area contributed by atoms with Gasteiger partial charge in [0.05, 0.1) is 12.1 Å². The van der Waals surface area contributed by atoms with Gasteiger partial charge >= 0.3 is 6.03 Å². The molecule has 1 heterocycles. The number of urea groups is 1. The molecule has 0 spiro atoms. The van der Waals surface area contributed by atoms with Crippen LogP contribution in [0.3, 0.4) is 0 Å². The van der Waals surface area contributed by atoms with Gasteiger partial charge in [-0.25, -0.2) is 4.79 Å². The predicted octanol–water partition coefficient (Wildman–Crippen LogP) is 4.07. The highest BCUT2D eigenvalue weighted by Gasteiger charge is 2.32. The summed E-state index contributed by atoms with van der Waals surface area (Å²) >= 11 is 0. The monoisotopic (exact) mass is 292 g/mol. The van der Waals surface area contributed by atoms with Gasteiger partial charge in [-0.15, -0.1) is 0 Å². The van der Waals surface area contributed by atoms with Gasteiger partial charge < -0.3 is 10.2 Å². The Morgan fingerprint density at radius 1 is 1.00 bits per heavy atom. The van der Waals surface area contributed by atoms with Crippen LogP contribution in [-0.4, -0.2) is 18.0 Å². The zero-order valence-corrected chi connectivity index (χ0v) is 12.6. The van der Waals surface area contributed by atoms with E-state index in [0.29, 0.717) is 0 Å². The molecule has 2 aromatic rings. The predicted molar refractivity (Wildman–Crippen MR) is 88.4 cm³/mol. The van der Waals surface area contributed by atoms with Crippen molar-refractivity contribution in [1.29, 1.82) is 0 Å². The van der Waals surface area contributed by atoms with E-state index in [-0.39, 0.29) is 18.1 Å². The number of amides is 2. The van der Waals surface area contributed by atoms with Crippen molar-refractivity contribution in [3.05, 3.63) is 83.9 Å². The lowest BCUT2D eigenvalue weighted by molar-refractivity contribution is 0.154. The standard InChI is InChI=1S/C19H20N2O/c1-20-19(22)21-17(15-9-4-2-5-10-15)13-8-14-18(21)16-11-6-3-7-12-16/h2-13,17-18H,14H2,1H3,(H,20,22)/t17-,18-/m0/s1. The minimum absolute atomic E-state index is 0.0416. The normalized spacial score (nSPS) is 20.7. The highest BCUT2D eigenvalue weighted by Crippen LogP contribution is 2.37. The Bertz CT molecular complexity index is 652. The Hall–Kier alpha value is -2.55. The maximum absolute atomic E-state index is 12.5. The van der Waals surface area contributed by atoms with Gasteiger partial charge in [0, 0.05) is 7.05 Å². The van der Waals surface area contributed by atoms with Gasteiger partial charge in [-0.1, -0.05) is 72.8 Å². The van der Waals surface area contributed by atoms with Gasteiger partial charge in [0.25, 0.3) is 0 Å². The molecule has 112 valence electrons. The number of hydrogen-bond acceptors (Lipinski definition) is 1. The minimum Gasteiger partial charge on any atom is -0.341 e. The van der Waals surface area contributed by atoms with Crippen LogP contribution in [0.15, 0.2) is 72.8 Å². The van der Waals surface area contributed by atoms with E-state index in [4.69, 9.17) is 0 Å². The van der Waals surface area contributed by atoms with Crippen LogP contribution in [0.4, 0.5) is 4.79 Å². The Kier molecular flexibility index (Phi) is 4.24. The van der Waals surface area contributed by atoms with E-state index in [0.717, 1.165) is 17.5 Å². The zero-order valence-electron chi connectivity index (χ0n) is 12.6. The summed E-state index contributed by atoms with van der Waals surface area (Å²) in [7, 11) is 1.69. The molecular weight excluding hydrogens is 272 g/mol. The van der Waals surface area contributed by atoms with Crippen molar-refractivity contribution in [1.82, 2.24) is 10.2 Å². The molecule has 0 bridgehead atoms. The van der Waals surface area contributed by atoms with Crippen molar-refractivity contribution in [2.24, 2.45) is 0 Å². The average Bonchev–Trinajstić information content (AvgIpc) is 2.62. The second kappa shape index (κ2) is 6.48. The van der Waals surface area contributed by atoms with Crippen LogP contribution in [0, 0.1) is 0 Å². The van der Waals surface area contributed by atoms with E-state index < -0.39 is 0 Å². The lowest BCUT2D eigenvalue weighted by Crippen LogP contribution is -2.43. The summed E-state index contributed by atoms with van der Waals surface area (Å²) in [5.41, 5.74) is 2.29. The quantitative estimate of drug-likeness (QED) is 0.831. The molecule has 2 aromatic carbocycles. The Morgan fingerprint density at radius 3 is 2.18 bits per heavy atom. The summed E-state index contributed by atoms with van der Waals surface area (Å²) in [6.45, 7) is 0. The highest BCUT2D eigenvalue weighted by molar-refractivity contribution is 5.75. The molecule has 3 rings (SSSR count). The summed E-state index contributed by atoms with van der Waals surface area (Å²) < 4.78 is 0. The third-order valence-electron chi connectivity index (χ3n) is 4.09. The summed E-state index contributed by atoms with van der Waals surface area (Å²) in [6.07, 6.45) is 5.12. The van der Waals surface area contributed by atoms with Gasteiger partial charge in [-0.2, -0.15) is 0 Å². The first-order valence-corrected chi connectivity index (χ1v) is 7.58. The number of nitrogens with one attached hydrogen (secondary N) is 1. The zero-order chi connectivity index (χ0) is 15.4. The minimum atomic E-state index is -0.0490. The molecule has 3 heteroatoms. The van der Waals surface area contributed by atoms with Gasteiger partial charge in [0.1, 0.15) is 0 Å². The first-order valence-electron chi connectivity index (χ1n) is 7.58. The fourth-order valence-corrected chi connectivity index (χ4v) is 3.03. The maximum atomic E-state index is 12.5. The topological polar surface area (TPSA) is 32.3 Å². The van der Waals surface area contributed by atoms with E-state index in [1.165, 1.54) is 0 Å². The Morgan fingerprint density at radius 2 is 1.59 bits per heavy atom. The molecule has 0 fully saturated rings. The fourth-order valence-electron chi connectivity index (χ4n) is 3.03. The van der Waals surface area contributed by atoms with E-state index in [1.807, 2.05) is 41.3 Å². The largest absolute Gasteiger partial charge is 0.341 e. The van der Waals surface area contributed by atoms with Gasteiger partial charge in [-0.3, -0.25) is 0 Å². The number of hydrogen-bond donors (Lipinski definition) is 1. The second-order valence-corrected chi connectivity index (χ2v) is 5.41. The molecule has 0 radical (unpaired) electrons. The van der Waals surface area contributed by atoms with Crippen molar-refractivity contribution in [2.45, 2.75) is 18.5 Å². The van der Waals surface area contributed by atoms with Crippen molar-refractivity contribution < 1.29 is 4.79 Å². The molecule has 2 amide bonds. The smallest absolute Gasteiger partial charge is 0.318 e. The summed E-state index contributed by atoms with van der Waals surface area (Å²) in [5.74, 6) is 0. The Labute approximate surface area is 131 Å². The first-order chi connectivity index (χ1) is 10.8. The number of nitrogens with zero attached hydrogens (tertiary/aromatic N) is 1. The van der Waals surface area contributed by atoms with Crippen molar-refractivity contribution in [3.63, 3.8) is 0 Å². The summed E-state index contributed by atoms with van der Waals surface area (Å²) in [4.78, 5) is 14.5. The van der Waals surface area contributed by atoms with E-state index >= 15 is 0 Å². The lowest BCUT2D eigenvalue weighted by Gasteiger charge is -2.39. The molecular formula is C19H20N2O. The third-order valence-corrected chi connectivity index (χ3v) is 4.09. The van der Waals surface area contributed by atoms with E-state index in [1.54, 1.807) is 7.05 Å².